The van der Waals surface area contributed by atoms with Gasteiger partial charge in [-0.1, -0.05) is 11.6 Å². The molecular weight excluding hydrogens is 352 g/mol. The first-order chi connectivity index (χ1) is 12.7. The summed E-state index contributed by atoms with van der Waals surface area (Å²) in [6.07, 6.45) is 3.91. The summed E-state index contributed by atoms with van der Waals surface area (Å²) in [5, 5.41) is 7.45. The number of nitrogens with zero attached hydrogens (tertiary/aromatic N) is 3. The van der Waals surface area contributed by atoms with Crippen LogP contribution >= 0.6 is 11.6 Å². The van der Waals surface area contributed by atoms with Crippen molar-refractivity contribution in [1.82, 2.24) is 25.3 Å². The molecule has 1 saturated heterocycles. The molecule has 0 radical (unpaired) electrons. The highest BCUT2D eigenvalue weighted by atomic mass is 35.5. The first kappa shape index (κ1) is 17.1. The maximum absolute atomic E-state index is 6.50. The molecule has 1 aliphatic heterocycles. The van der Waals surface area contributed by atoms with Gasteiger partial charge in [0, 0.05) is 36.1 Å². The number of nitrogens with one attached hydrogen (secondary N) is 3. The summed E-state index contributed by atoms with van der Waals surface area (Å²) < 4.78 is 5.77. The van der Waals surface area contributed by atoms with Crippen LogP contribution in [0, 0.1) is 6.92 Å². The van der Waals surface area contributed by atoms with Gasteiger partial charge in [0.05, 0.1) is 13.4 Å². The minimum absolute atomic E-state index is 0.459. The SMILES string of the molecule is COc1c(CCNc2ncnc3[nH]cnc23)cc(Cl)c(C)c1C1CNC1. The zero-order chi connectivity index (χ0) is 18.1. The lowest BCUT2D eigenvalue weighted by atomic mass is 9.87. The summed E-state index contributed by atoms with van der Waals surface area (Å²) in [6, 6.07) is 2.01. The lowest BCUT2D eigenvalue weighted by Gasteiger charge is -2.31. The van der Waals surface area contributed by atoms with E-state index < -0.39 is 0 Å². The fourth-order valence-corrected chi connectivity index (χ4v) is 3.65. The van der Waals surface area contributed by atoms with Crippen LogP contribution in [-0.4, -0.2) is 46.7 Å². The van der Waals surface area contributed by atoms with Gasteiger partial charge in [-0.3, -0.25) is 0 Å². The molecule has 4 rings (SSSR count). The number of methoxy groups -OCH3 is 1. The number of hydrogen-bond acceptors (Lipinski definition) is 6. The number of imidazole rings is 1. The Morgan fingerprint density at radius 3 is 2.88 bits per heavy atom. The molecule has 0 aliphatic carbocycles. The number of H-pyrrole nitrogens is 1. The number of ether oxygens (including phenoxy) is 1. The molecule has 7 nitrogen and oxygen atoms in total. The second-order valence-electron chi connectivity index (χ2n) is 6.44. The number of rotatable bonds is 6. The average molecular weight is 373 g/mol. The van der Waals surface area contributed by atoms with E-state index in [9.17, 15) is 0 Å². The number of anilines is 1. The van der Waals surface area contributed by atoms with Crippen LogP contribution < -0.4 is 15.4 Å². The molecule has 0 unspecified atom stereocenters. The molecule has 0 amide bonds. The molecule has 0 atom stereocenters. The van der Waals surface area contributed by atoms with Crippen LogP contribution in [0.2, 0.25) is 5.02 Å². The van der Waals surface area contributed by atoms with Gasteiger partial charge in [-0.25, -0.2) is 15.0 Å². The number of halogens is 1. The molecule has 0 bridgehead atoms. The predicted molar refractivity (Wildman–Crippen MR) is 102 cm³/mol. The highest BCUT2D eigenvalue weighted by Crippen LogP contribution is 2.39. The van der Waals surface area contributed by atoms with Gasteiger partial charge in [0.15, 0.2) is 11.5 Å². The number of aromatic amines is 1. The van der Waals surface area contributed by atoms with Crippen molar-refractivity contribution < 1.29 is 4.74 Å². The maximum atomic E-state index is 6.50. The van der Waals surface area contributed by atoms with E-state index in [1.165, 1.54) is 11.9 Å². The molecule has 1 aliphatic rings. The summed E-state index contributed by atoms with van der Waals surface area (Å²) in [5.74, 6) is 2.13. The zero-order valence-electron chi connectivity index (χ0n) is 14.8. The molecule has 3 N–H and O–H groups in total. The Bertz CT molecular complexity index is 937. The third-order valence-electron chi connectivity index (χ3n) is 4.90. The normalized spacial score (nSPS) is 14.4. The van der Waals surface area contributed by atoms with Crippen LogP contribution in [-0.2, 0) is 6.42 Å². The van der Waals surface area contributed by atoms with E-state index in [1.54, 1.807) is 13.4 Å². The second kappa shape index (κ2) is 7.09. The van der Waals surface area contributed by atoms with Crippen LogP contribution in [0.5, 0.6) is 5.75 Å². The van der Waals surface area contributed by atoms with Crippen LogP contribution in [0.1, 0.15) is 22.6 Å². The molecule has 2 aromatic heterocycles. The summed E-state index contributed by atoms with van der Waals surface area (Å²) in [6.45, 7) is 4.69. The molecule has 1 aromatic carbocycles. The Labute approximate surface area is 156 Å². The van der Waals surface area contributed by atoms with Crippen LogP contribution in [0.4, 0.5) is 5.82 Å². The average Bonchev–Trinajstić information content (AvgIpc) is 3.07. The zero-order valence-corrected chi connectivity index (χ0v) is 15.5. The van der Waals surface area contributed by atoms with E-state index in [0.717, 1.165) is 58.4 Å². The molecule has 26 heavy (non-hydrogen) atoms. The minimum Gasteiger partial charge on any atom is -0.496 e. The molecule has 0 spiro atoms. The van der Waals surface area contributed by atoms with Crippen LogP contribution in [0.3, 0.4) is 0 Å². The van der Waals surface area contributed by atoms with Crippen molar-refractivity contribution in [1.29, 1.82) is 0 Å². The second-order valence-corrected chi connectivity index (χ2v) is 6.85. The predicted octanol–water partition coefficient (Wildman–Crippen LogP) is 2.66. The third-order valence-corrected chi connectivity index (χ3v) is 5.29. The molecule has 0 saturated carbocycles. The molecule has 3 heterocycles. The van der Waals surface area contributed by atoms with Crippen LogP contribution in [0.25, 0.3) is 11.2 Å². The largest absolute Gasteiger partial charge is 0.496 e. The van der Waals surface area contributed by atoms with Gasteiger partial charge in [-0.05, 0) is 30.5 Å². The Hall–Kier alpha value is -2.38. The topological polar surface area (TPSA) is 87.8 Å². The summed E-state index contributed by atoms with van der Waals surface area (Å²) in [7, 11) is 1.73. The van der Waals surface area contributed by atoms with Gasteiger partial charge in [-0.2, -0.15) is 0 Å². The number of aromatic nitrogens is 4. The fraction of sp³-hybridized carbons (Fsp3) is 0.389. The lowest BCUT2D eigenvalue weighted by Crippen LogP contribution is -2.40. The van der Waals surface area contributed by atoms with Gasteiger partial charge >= 0.3 is 0 Å². The number of benzene rings is 1. The van der Waals surface area contributed by atoms with Crippen molar-refractivity contribution in [2.45, 2.75) is 19.3 Å². The quantitative estimate of drug-likeness (QED) is 0.616. The Morgan fingerprint density at radius 1 is 1.31 bits per heavy atom. The smallest absolute Gasteiger partial charge is 0.162 e. The molecule has 1 fully saturated rings. The lowest BCUT2D eigenvalue weighted by molar-refractivity contribution is 0.380. The van der Waals surface area contributed by atoms with Crippen molar-refractivity contribution in [2.24, 2.45) is 0 Å². The maximum Gasteiger partial charge on any atom is 0.162 e. The van der Waals surface area contributed by atoms with E-state index in [4.69, 9.17) is 16.3 Å². The first-order valence-electron chi connectivity index (χ1n) is 8.63. The highest BCUT2D eigenvalue weighted by molar-refractivity contribution is 6.31. The molecule has 3 aromatic rings. The van der Waals surface area contributed by atoms with Crippen molar-refractivity contribution in [3.05, 3.63) is 40.4 Å². The van der Waals surface area contributed by atoms with Crippen LogP contribution in [0.15, 0.2) is 18.7 Å². The van der Waals surface area contributed by atoms with E-state index in [2.05, 4.69) is 37.5 Å². The minimum atomic E-state index is 0.459. The fourth-order valence-electron chi connectivity index (χ4n) is 3.42. The van der Waals surface area contributed by atoms with Crippen molar-refractivity contribution in [3.63, 3.8) is 0 Å². The van der Waals surface area contributed by atoms with Crippen molar-refractivity contribution in [3.8, 4) is 5.75 Å². The Morgan fingerprint density at radius 2 is 2.15 bits per heavy atom. The Balaban J connectivity index is 1.56. The van der Waals surface area contributed by atoms with Gasteiger partial charge in [0.2, 0.25) is 0 Å². The van der Waals surface area contributed by atoms with E-state index >= 15 is 0 Å². The van der Waals surface area contributed by atoms with Gasteiger partial charge in [-0.15, -0.1) is 0 Å². The van der Waals surface area contributed by atoms with Gasteiger partial charge in [0.1, 0.15) is 17.6 Å². The standard InChI is InChI=1S/C18H21ClN6O/c1-10-13(19)5-11(16(26-2)14(10)12-6-20-7-12)3-4-21-17-15-18(23-8-22-15)25-9-24-17/h5,8-9,12,20H,3-4,6-7H2,1-2H3,(H2,21,22,23,24,25). The molecular formula is C18H21ClN6O. The van der Waals surface area contributed by atoms with E-state index in [1.807, 2.05) is 6.07 Å². The van der Waals surface area contributed by atoms with Gasteiger partial charge < -0.3 is 20.4 Å². The number of fused-ring (bicyclic) bond motifs is 1. The molecule has 8 heteroatoms. The van der Waals surface area contributed by atoms with Crippen molar-refractivity contribution in [2.75, 3.05) is 32.1 Å². The highest BCUT2D eigenvalue weighted by Gasteiger charge is 2.27. The monoisotopic (exact) mass is 372 g/mol. The van der Waals surface area contributed by atoms with Crippen molar-refractivity contribution >= 4 is 28.6 Å². The summed E-state index contributed by atoms with van der Waals surface area (Å²) >= 11 is 6.50. The number of hydrogen-bond donors (Lipinski definition) is 3. The Kier molecular flexibility index (Phi) is 4.65. The molecule has 136 valence electrons. The summed E-state index contributed by atoms with van der Waals surface area (Å²) in [4.78, 5) is 15.7. The van der Waals surface area contributed by atoms with E-state index in [0.29, 0.717) is 12.5 Å². The van der Waals surface area contributed by atoms with Gasteiger partial charge in [0.25, 0.3) is 0 Å². The summed E-state index contributed by atoms with van der Waals surface area (Å²) in [5.41, 5.74) is 4.90. The first-order valence-corrected chi connectivity index (χ1v) is 9.01. The third kappa shape index (κ3) is 2.97. The van der Waals surface area contributed by atoms with E-state index in [-0.39, 0.29) is 0 Å².